The van der Waals surface area contributed by atoms with E-state index < -0.39 is 10.0 Å². The van der Waals surface area contributed by atoms with Crippen LogP contribution < -0.4 is 0 Å². The number of aromatic nitrogens is 3. The smallest absolute Gasteiger partial charge is 0.244 e. The van der Waals surface area contributed by atoms with E-state index in [1.54, 1.807) is 16.6 Å². The highest BCUT2D eigenvalue weighted by Gasteiger charge is 2.40. The molecule has 0 aromatic carbocycles. The molecule has 4 heterocycles. The average molecular weight is 354 g/mol. The summed E-state index contributed by atoms with van der Waals surface area (Å²) in [7, 11) is -3.47. The Morgan fingerprint density at radius 1 is 1.39 bits per heavy atom. The molecule has 0 unspecified atom stereocenters. The lowest BCUT2D eigenvalue weighted by molar-refractivity contribution is -0.0544. The van der Waals surface area contributed by atoms with E-state index in [-0.39, 0.29) is 12.1 Å². The molecule has 7 nitrogen and oxygen atoms in total. The van der Waals surface area contributed by atoms with Gasteiger partial charge in [0, 0.05) is 22.8 Å². The molecule has 1 fully saturated rings. The average Bonchev–Trinajstić information content (AvgIpc) is 3.12. The molecule has 0 amide bonds. The molecule has 9 heteroatoms. The van der Waals surface area contributed by atoms with Gasteiger partial charge in [0.1, 0.15) is 0 Å². The molecule has 2 aromatic heterocycles. The highest BCUT2D eigenvalue weighted by Crippen LogP contribution is 2.34. The van der Waals surface area contributed by atoms with Crippen molar-refractivity contribution in [2.75, 3.05) is 13.1 Å². The maximum Gasteiger partial charge on any atom is 0.244 e. The SMILES string of the molecule is Cc1cc(S(=O)(=O)N2CC[C@H]3[C@H](C2)OCc2cnnn23)c(C)s1. The van der Waals surface area contributed by atoms with E-state index in [2.05, 4.69) is 10.3 Å². The van der Waals surface area contributed by atoms with Crippen molar-refractivity contribution in [3.8, 4) is 0 Å². The van der Waals surface area contributed by atoms with Crippen LogP contribution in [0.15, 0.2) is 17.2 Å². The molecule has 4 rings (SSSR count). The molecule has 23 heavy (non-hydrogen) atoms. The van der Waals surface area contributed by atoms with E-state index >= 15 is 0 Å². The highest BCUT2D eigenvalue weighted by atomic mass is 32.2. The second kappa shape index (κ2) is 5.37. The van der Waals surface area contributed by atoms with Crippen molar-refractivity contribution >= 4 is 21.4 Å². The van der Waals surface area contributed by atoms with Crippen LogP contribution in [0.2, 0.25) is 0 Å². The number of fused-ring (bicyclic) bond motifs is 3. The molecule has 0 N–H and O–H groups in total. The Kier molecular flexibility index (Phi) is 3.56. The van der Waals surface area contributed by atoms with Gasteiger partial charge in [0.25, 0.3) is 0 Å². The van der Waals surface area contributed by atoms with Gasteiger partial charge in [-0.05, 0) is 26.3 Å². The fourth-order valence-electron chi connectivity index (χ4n) is 3.38. The second-order valence-electron chi connectivity index (χ2n) is 6.02. The first kappa shape index (κ1) is 15.3. The predicted octanol–water partition coefficient (Wildman–Crippen LogP) is 1.49. The normalized spacial score (nSPS) is 25.1. The monoisotopic (exact) mass is 354 g/mol. The van der Waals surface area contributed by atoms with Crippen LogP contribution in [0.3, 0.4) is 0 Å². The van der Waals surface area contributed by atoms with Crippen LogP contribution in [-0.4, -0.2) is 46.9 Å². The van der Waals surface area contributed by atoms with Crippen LogP contribution >= 0.6 is 11.3 Å². The Bertz CT molecular complexity index is 842. The maximum absolute atomic E-state index is 12.9. The number of ether oxygens (including phenoxy) is 1. The first-order chi connectivity index (χ1) is 11.0. The number of sulfonamides is 1. The van der Waals surface area contributed by atoms with E-state index in [9.17, 15) is 8.42 Å². The predicted molar refractivity (Wildman–Crippen MR) is 84.8 cm³/mol. The van der Waals surface area contributed by atoms with Crippen molar-refractivity contribution in [3.05, 3.63) is 27.7 Å². The van der Waals surface area contributed by atoms with Crippen LogP contribution in [0, 0.1) is 13.8 Å². The van der Waals surface area contributed by atoms with E-state index in [0.29, 0.717) is 31.0 Å². The Balaban J connectivity index is 1.61. The number of thiophene rings is 1. The first-order valence-corrected chi connectivity index (χ1v) is 9.80. The molecule has 0 bridgehead atoms. The van der Waals surface area contributed by atoms with Crippen molar-refractivity contribution < 1.29 is 13.2 Å². The summed E-state index contributed by atoms with van der Waals surface area (Å²) >= 11 is 1.52. The fourth-order valence-corrected chi connectivity index (χ4v) is 6.37. The fraction of sp³-hybridized carbons (Fsp3) is 0.571. The molecule has 2 aliphatic rings. The van der Waals surface area contributed by atoms with Crippen molar-refractivity contribution in [1.29, 1.82) is 0 Å². The minimum atomic E-state index is -3.47. The minimum absolute atomic E-state index is 0.0676. The van der Waals surface area contributed by atoms with Gasteiger partial charge in [0.05, 0.1) is 35.5 Å². The zero-order valence-electron chi connectivity index (χ0n) is 13.0. The van der Waals surface area contributed by atoms with Gasteiger partial charge in [0.15, 0.2) is 0 Å². The van der Waals surface area contributed by atoms with Crippen LogP contribution in [0.25, 0.3) is 0 Å². The number of nitrogens with zero attached hydrogens (tertiary/aromatic N) is 4. The van der Waals surface area contributed by atoms with Gasteiger partial charge in [-0.3, -0.25) is 0 Å². The number of aryl methyl sites for hydroxylation is 2. The van der Waals surface area contributed by atoms with Gasteiger partial charge in [-0.15, -0.1) is 16.4 Å². The van der Waals surface area contributed by atoms with E-state index in [1.165, 1.54) is 11.3 Å². The summed E-state index contributed by atoms with van der Waals surface area (Å²) in [6, 6.07) is 1.83. The summed E-state index contributed by atoms with van der Waals surface area (Å²) in [4.78, 5) is 2.28. The molecule has 2 aromatic rings. The number of rotatable bonds is 2. The van der Waals surface area contributed by atoms with Gasteiger partial charge >= 0.3 is 0 Å². The van der Waals surface area contributed by atoms with Crippen LogP contribution in [0.4, 0.5) is 0 Å². The summed E-state index contributed by atoms with van der Waals surface area (Å²) in [5.41, 5.74) is 0.951. The third kappa shape index (κ3) is 2.42. The number of piperidine rings is 1. The van der Waals surface area contributed by atoms with Crippen molar-refractivity contribution in [3.63, 3.8) is 0 Å². The summed E-state index contributed by atoms with van der Waals surface area (Å²) in [6.07, 6.45) is 2.21. The summed E-state index contributed by atoms with van der Waals surface area (Å²) < 4.78 is 35.2. The Morgan fingerprint density at radius 3 is 2.96 bits per heavy atom. The van der Waals surface area contributed by atoms with Crippen LogP contribution in [0.5, 0.6) is 0 Å². The standard InChI is InChI=1S/C14H18N4O3S2/c1-9-5-14(10(2)22-9)23(19,20)17-4-3-12-13(7-17)21-8-11-6-15-16-18(11)12/h5-6,12-13H,3-4,7-8H2,1-2H3/t12-,13-/m0/s1. The van der Waals surface area contributed by atoms with Crippen molar-refractivity contribution in [1.82, 2.24) is 19.3 Å². The van der Waals surface area contributed by atoms with Crippen molar-refractivity contribution in [2.24, 2.45) is 0 Å². The van der Waals surface area contributed by atoms with Crippen LogP contribution in [0.1, 0.15) is 27.9 Å². The molecule has 0 saturated carbocycles. The third-order valence-electron chi connectivity index (χ3n) is 4.51. The largest absolute Gasteiger partial charge is 0.368 e. The van der Waals surface area contributed by atoms with Crippen LogP contribution in [-0.2, 0) is 21.4 Å². The molecule has 2 atom stereocenters. The summed E-state index contributed by atoms with van der Waals surface area (Å²) in [5, 5.41) is 8.05. The Hall–Kier alpha value is -1.29. The minimum Gasteiger partial charge on any atom is -0.368 e. The summed E-state index contributed by atoms with van der Waals surface area (Å²) in [5.74, 6) is 0. The molecule has 1 saturated heterocycles. The quantitative estimate of drug-likeness (QED) is 0.817. The Morgan fingerprint density at radius 2 is 2.22 bits per heavy atom. The number of hydrogen-bond donors (Lipinski definition) is 0. The molecular formula is C14H18N4O3S2. The Labute approximate surface area is 138 Å². The molecule has 0 radical (unpaired) electrons. The van der Waals surface area contributed by atoms with Gasteiger partial charge in [-0.25, -0.2) is 13.1 Å². The van der Waals surface area contributed by atoms with E-state index in [4.69, 9.17) is 4.74 Å². The second-order valence-corrected chi connectivity index (χ2v) is 9.38. The van der Waals surface area contributed by atoms with E-state index in [1.807, 2.05) is 18.5 Å². The lowest BCUT2D eigenvalue weighted by Crippen LogP contribution is -2.50. The summed E-state index contributed by atoms with van der Waals surface area (Å²) in [6.45, 7) is 5.05. The van der Waals surface area contributed by atoms with Gasteiger partial charge in [0.2, 0.25) is 10.0 Å². The van der Waals surface area contributed by atoms with E-state index in [0.717, 1.165) is 15.4 Å². The molecule has 124 valence electrons. The van der Waals surface area contributed by atoms with Gasteiger partial charge in [-0.1, -0.05) is 5.21 Å². The lowest BCUT2D eigenvalue weighted by Gasteiger charge is -2.40. The first-order valence-electron chi connectivity index (χ1n) is 7.54. The molecule has 0 spiro atoms. The van der Waals surface area contributed by atoms with Gasteiger partial charge < -0.3 is 4.74 Å². The molecule has 2 aliphatic heterocycles. The zero-order chi connectivity index (χ0) is 16.2. The molecular weight excluding hydrogens is 336 g/mol. The highest BCUT2D eigenvalue weighted by molar-refractivity contribution is 7.89. The third-order valence-corrected chi connectivity index (χ3v) is 7.60. The zero-order valence-corrected chi connectivity index (χ0v) is 14.6. The lowest BCUT2D eigenvalue weighted by atomic mass is 10.0. The van der Waals surface area contributed by atoms with Gasteiger partial charge in [-0.2, -0.15) is 4.31 Å². The maximum atomic E-state index is 12.9. The van der Waals surface area contributed by atoms with Crippen molar-refractivity contribution in [2.45, 2.75) is 43.9 Å². The molecule has 0 aliphatic carbocycles. The topological polar surface area (TPSA) is 77.3 Å². The number of hydrogen-bond acceptors (Lipinski definition) is 6.